The number of aromatic nitrogens is 2. The minimum Gasteiger partial charge on any atom is -0.124 e. The average Bonchev–Trinajstić information content (AvgIpc) is 2.71. The largest absolute Gasteiger partial charge is 0.199 e. The molecule has 2 heterocycles. The summed E-state index contributed by atoms with van der Waals surface area (Å²) in [6.07, 6.45) is 2.27. The Morgan fingerprint density at radius 3 is 2.17 bits per heavy atom. The Morgan fingerprint density at radius 1 is 1.00 bits per heavy atom. The van der Waals surface area contributed by atoms with Gasteiger partial charge in [-0.3, -0.25) is 0 Å². The Balaban J connectivity index is 2.50. The predicted molar refractivity (Wildman–Crippen MR) is 96.6 cm³/mol. The summed E-state index contributed by atoms with van der Waals surface area (Å²) < 4.78 is 4.72. The van der Waals surface area contributed by atoms with Gasteiger partial charge in [-0.2, -0.15) is 0 Å². The third-order valence-electron chi connectivity index (χ3n) is 6.42. The number of rotatable bonds is 1. The van der Waals surface area contributed by atoms with Gasteiger partial charge in [0.2, 0.25) is 0 Å². The van der Waals surface area contributed by atoms with Gasteiger partial charge in [-0.05, 0) is 36.5 Å². The smallest absolute Gasteiger partial charge is 0.124 e. The fourth-order valence-electron chi connectivity index (χ4n) is 4.50. The first-order chi connectivity index (χ1) is 10.5. The standard InChI is InChI=1S/C21H31N2/c1-13(2)16-10-11-17-18(15(16)4)23-19(14(3)12-22(23)9)21(7,8)20(17,5)6/h10-13H,1-9H3/q+1. The maximum Gasteiger partial charge on any atom is 0.199 e. The van der Waals surface area contributed by atoms with E-state index in [9.17, 15) is 0 Å². The zero-order chi connectivity index (χ0) is 17.3. The maximum absolute atomic E-state index is 2.46. The fraction of sp³-hybridized carbons (Fsp3) is 0.571. The van der Waals surface area contributed by atoms with Crippen LogP contribution >= 0.6 is 0 Å². The molecule has 124 valence electrons. The molecule has 2 heteroatoms. The molecule has 0 N–H and O–H groups in total. The van der Waals surface area contributed by atoms with Crippen molar-refractivity contribution in [1.82, 2.24) is 4.68 Å². The van der Waals surface area contributed by atoms with Crippen LogP contribution in [-0.4, -0.2) is 4.68 Å². The molecular weight excluding hydrogens is 280 g/mol. The molecular formula is C21H31N2+. The monoisotopic (exact) mass is 311 g/mol. The van der Waals surface area contributed by atoms with E-state index in [0.717, 1.165) is 0 Å². The highest BCUT2D eigenvalue weighted by molar-refractivity contribution is 5.60. The van der Waals surface area contributed by atoms with Gasteiger partial charge >= 0.3 is 0 Å². The Labute approximate surface area is 141 Å². The van der Waals surface area contributed by atoms with Crippen molar-refractivity contribution < 1.29 is 4.68 Å². The van der Waals surface area contributed by atoms with Crippen molar-refractivity contribution in [2.24, 2.45) is 7.05 Å². The van der Waals surface area contributed by atoms with Crippen molar-refractivity contribution in [2.45, 2.75) is 72.1 Å². The molecule has 2 aromatic rings. The molecule has 0 bridgehead atoms. The molecule has 3 rings (SSSR count). The molecule has 2 nitrogen and oxygen atoms in total. The van der Waals surface area contributed by atoms with Crippen molar-refractivity contribution in [2.75, 3.05) is 0 Å². The van der Waals surface area contributed by atoms with Gasteiger partial charge in [0.15, 0.2) is 13.2 Å². The van der Waals surface area contributed by atoms with E-state index in [4.69, 9.17) is 0 Å². The van der Waals surface area contributed by atoms with Crippen LogP contribution in [0.2, 0.25) is 0 Å². The van der Waals surface area contributed by atoms with Gasteiger partial charge in [0.05, 0.1) is 5.69 Å². The lowest BCUT2D eigenvalue weighted by Gasteiger charge is -2.46. The average molecular weight is 311 g/mol. The van der Waals surface area contributed by atoms with E-state index in [1.54, 1.807) is 0 Å². The molecule has 0 aliphatic carbocycles. The van der Waals surface area contributed by atoms with E-state index in [1.165, 1.54) is 33.6 Å². The molecule has 0 unspecified atom stereocenters. The SMILES string of the molecule is Cc1c[n+](C)n2c1C(C)(C)C(C)(C)c1ccc(C(C)C)c(C)c1-2. The second-order valence-electron chi connectivity index (χ2n) is 8.63. The molecule has 0 spiro atoms. The Kier molecular flexibility index (Phi) is 3.34. The first kappa shape index (κ1) is 16.3. The third kappa shape index (κ3) is 1.90. The summed E-state index contributed by atoms with van der Waals surface area (Å²) in [4.78, 5) is 0. The van der Waals surface area contributed by atoms with Gasteiger partial charge in [0.1, 0.15) is 5.69 Å². The van der Waals surface area contributed by atoms with Gasteiger partial charge in [0, 0.05) is 16.4 Å². The van der Waals surface area contributed by atoms with Crippen molar-refractivity contribution in [1.29, 1.82) is 0 Å². The van der Waals surface area contributed by atoms with E-state index < -0.39 is 0 Å². The second-order valence-corrected chi connectivity index (χ2v) is 8.63. The van der Waals surface area contributed by atoms with Crippen molar-refractivity contribution in [3.8, 4) is 5.69 Å². The summed E-state index contributed by atoms with van der Waals surface area (Å²) in [5.74, 6) is 0.545. The Bertz CT molecular complexity index is 789. The number of aryl methyl sites for hydroxylation is 2. The summed E-state index contributed by atoms with van der Waals surface area (Å²) in [6, 6.07) is 4.72. The van der Waals surface area contributed by atoms with Crippen LogP contribution < -0.4 is 4.68 Å². The summed E-state index contributed by atoms with van der Waals surface area (Å²) in [5, 5.41) is 0. The molecule has 1 aromatic carbocycles. The zero-order valence-corrected chi connectivity index (χ0v) is 16.2. The van der Waals surface area contributed by atoms with Crippen LogP contribution in [0.25, 0.3) is 5.69 Å². The van der Waals surface area contributed by atoms with E-state index >= 15 is 0 Å². The van der Waals surface area contributed by atoms with Gasteiger partial charge in [0.25, 0.3) is 0 Å². The summed E-state index contributed by atoms with van der Waals surface area (Å²) >= 11 is 0. The van der Waals surface area contributed by atoms with Crippen LogP contribution in [0.15, 0.2) is 18.3 Å². The maximum atomic E-state index is 2.46. The molecule has 0 saturated heterocycles. The van der Waals surface area contributed by atoms with Crippen molar-refractivity contribution >= 4 is 0 Å². The lowest BCUT2D eigenvalue weighted by Crippen LogP contribution is -2.51. The van der Waals surface area contributed by atoms with Crippen molar-refractivity contribution in [3.63, 3.8) is 0 Å². The van der Waals surface area contributed by atoms with Crippen LogP contribution in [0.5, 0.6) is 0 Å². The third-order valence-corrected chi connectivity index (χ3v) is 6.42. The summed E-state index contributed by atoms with van der Waals surface area (Å²) in [7, 11) is 2.16. The van der Waals surface area contributed by atoms with Crippen LogP contribution in [0, 0.1) is 13.8 Å². The normalized spacial score (nSPS) is 18.0. The summed E-state index contributed by atoms with van der Waals surface area (Å²) in [6.45, 7) is 18.7. The molecule has 0 fully saturated rings. The Hall–Kier alpha value is -1.57. The van der Waals surface area contributed by atoms with Crippen LogP contribution in [0.4, 0.5) is 0 Å². The Morgan fingerprint density at radius 2 is 1.61 bits per heavy atom. The van der Waals surface area contributed by atoms with Crippen LogP contribution in [0.1, 0.15) is 75.4 Å². The summed E-state index contributed by atoms with van der Waals surface area (Å²) in [5.41, 5.74) is 8.73. The highest BCUT2D eigenvalue weighted by atomic mass is 15.4. The zero-order valence-electron chi connectivity index (χ0n) is 16.2. The predicted octanol–water partition coefficient (Wildman–Crippen LogP) is 4.61. The minimum atomic E-state index is 0.0805. The van der Waals surface area contributed by atoms with Gasteiger partial charge in [-0.1, -0.05) is 53.7 Å². The lowest BCUT2D eigenvalue weighted by atomic mass is 9.59. The number of benzene rings is 1. The molecule has 1 aliphatic heterocycles. The topological polar surface area (TPSA) is 8.81 Å². The van der Waals surface area contributed by atoms with Gasteiger partial charge < -0.3 is 0 Å². The van der Waals surface area contributed by atoms with Crippen LogP contribution in [0.3, 0.4) is 0 Å². The molecule has 0 atom stereocenters. The molecule has 23 heavy (non-hydrogen) atoms. The highest BCUT2D eigenvalue weighted by Gasteiger charge is 2.50. The number of fused-ring (bicyclic) bond motifs is 3. The number of hydrogen-bond acceptors (Lipinski definition) is 0. The fourth-order valence-corrected chi connectivity index (χ4v) is 4.50. The molecule has 1 aromatic heterocycles. The molecule has 0 saturated carbocycles. The second kappa shape index (κ2) is 4.72. The number of hydrogen-bond donors (Lipinski definition) is 0. The first-order valence-electron chi connectivity index (χ1n) is 8.75. The quantitative estimate of drug-likeness (QED) is 0.680. The lowest BCUT2D eigenvalue weighted by molar-refractivity contribution is -0.745. The molecule has 0 amide bonds. The first-order valence-corrected chi connectivity index (χ1v) is 8.75. The van der Waals surface area contributed by atoms with Crippen LogP contribution in [-0.2, 0) is 17.9 Å². The van der Waals surface area contributed by atoms with E-state index in [2.05, 4.69) is 90.1 Å². The van der Waals surface area contributed by atoms with E-state index in [1.807, 2.05) is 0 Å². The van der Waals surface area contributed by atoms with Gasteiger partial charge in [-0.25, -0.2) is 0 Å². The minimum absolute atomic E-state index is 0.0805. The van der Waals surface area contributed by atoms with Crippen molar-refractivity contribution in [3.05, 3.63) is 46.3 Å². The highest BCUT2D eigenvalue weighted by Crippen LogP contribution is 2.51. The number of nitrogens with zero attached hydrogens (tertiary/aromatic N) is 2. The molecule has 1 aliphatic rings. The van der Waals surface area contributed by atoms with Gasteiger partial charge in [-0.15, -0.1) is 9.36 Å². The van der Waals surface area contributed by atoms with E-state index in [-0.39, 0.29) is 10.8 Å². The molecule has 0 radical (unpaired) electrons. The van der Waals surface area contributed by atoms with E-state index in [0.29, 0.717) is 5.92 Å².